The molecule has 2 aromatic rings. The number of thiophene rings is 1. The van der Waals surface area contributed by atoms with Gasteiger partial charge in [-0.1, -0.05) is 11.2 Å². The van der Waals surface area contributed by atoms with Crippen LogP contribution in [0.2, 0.25) is 0 Å². The van der Waals surface area contributed by atoms with Crippen molar-refractivity contribution in [2.24, 2.45) is 0 Å². The van der Waals surface area contributed by atoms with Crippen molar-refractivity contribution in [2.45, 2.75) is 43.9 Å². The minimum atomic E-state index is -0.309. The first kappa shape index (κ1) is 12.5. The van der Waals surface area contributed by atoms with Crippen molar-refractivity contribution >= 4 is 11.3 Å². The Labute approximate surface area is 121 Å². The number of likely N-dealkylation sites (tertiary alicyclic amines) is 1. The van der Waals surface area contributed by atoms with Gasteiger partial charge in [-0.05, 0) is 30.7 Å². The third kappa shape index (κ3) is 2.39. The molecule has 5 nitrogen and oxygen atoms in total. The van der Waals surface area contributed by atoms with Crippen LogP contribution in [0.1, 0.15) is 47.8 Å². The molecule has 4 rings (SSSR count). The van der Waals surface area contributed by atoms with Crippen molar-refractivity contribution < 1.29 is 9.63 Å². The molecule has 0 bridgehead atoms. The van der Waals surface area contributed by atoms with Crippen molar-refractivity contribution in [3.8, 4) is 0 Å². The van der Waals surface area contributed by atoms with E-state index < -0.39 is 0 Å². The highest BCUT2D eigenvalue weighted by atomic mass is 32.1. The molecule has 1 aliphatic heterocycles. The first-order valence-electron chi connectivity index (χ1n) is 7.07. The fourth-order valence-corrected chi connectivity index (χ4v) is 3.53. The molecule has 2 atom stereocenters. The first-order valence-corrected chi connectivity index (χ1v) is 7.95. The molecule has 2 aliphatic rings. The van der Waals surface area contributed by atoms with E-state index in [0.717, 1.165) is 12.4 Å². The van der Waals surface area contributed by atoms with E-state index in [-0.39, 0.29) is 12.1 Å². The second-order valence-corrected chi connectivity index (χ2v) is 6.71. The van der Waals surface area contributed by atoms with Gasteiger partial charge in [-0.15, -0.1) is 11.3 Å². The molecule has 1 aliphatic carbocycles. The summed E-state index contributed by atoms with van der Waals surface area (Å²) in [5, 5.41) is 16.1. The molecule has 6 heteroatoms. The summed E-state index contributed by atoms with van der Waals surface area (Å²) in [6.45, 7) is 1.50. The molecular weight excluding hydrogens is 274 g/mol. The number of aromatic nitrogens is 2. The van der Waals surface area contributed by atoms with Gasteiger partial charge in [0, 0.05) is 23.9 Å². The highest BCUT2D eigenvalue weighted by molar-refractivity contribution is 7.09. The average Bonchev–Trinajstić information content (AvgIpc) is 2.87. The van der Waals surface area contributed by atoms with Crippen molar-refractivity contribution in [1.82, 2.24) is 15.0 Å². The maximum atomic E-state index is 9.96. The molecule has 0 amide bonds. The number of aliphatic hydroxyl groups excluding tert-OH is 1. The van der Waals surface area contributed by atoms with Gasteiger partial charge in [0.15, 0.2) is 5.82 Å². The van der Waals surface area contributed by atoms with Crippen molar-refractivity contribution in [1.29, 1.82) is 0 Å². The zero-order chi connectivity index (χ0) is 13.5. The van der Waals surface area contributed by atoms with E-state index in [1.807, 2.05) is 0 Å². The van der Waals surface area contributed by atoms with Crippen LogP contribution in [-0.2, 0) is 6.54 Å². The summed E-state index contributed by atoms with van der Waals surface area (Å²) in [6, 6.07) is 4.22. The normalized spacial score (nSPS) is 27.2. The molecule has 0 radical (unpaired) electrons. The van der Waals surface area contributed by atoms with E-state index in [1.165, 1.54) is 17.7 Å². The van der Waals surface area contributed by atoms with Crippen LogP contribution in [0, 0.1) is 0 Å². The van der Waals surface area contributed by atoms with E-state index in [2.05, 4.69) is 32.6 Å². The molecule has 1 N–H and O–H groups in total. The van der Waals surface area contributed by atoms with Crippen LogP contribution in [0.4, 0.5) is 0 Å². The Kier molecular flexibility index (Phi) is 3.09. The summed E-state index contributed by atoms with van der Waals surface area (Å²) in [7, 11) is 0. The quantitative estimate of drug-likeness (QED) is 0.936. The minimum absolute atomic E-state index is 0.0482. The summed E-state index contributed by atoms with van der Waals surface area (Å²) in [5.41, 5.74) is 0. The smallest absolute Gasteiger partial charge is 0.244 e. The van der Waals surface area contributed by atoms with Gasteiger partial charge in [0.25, 0.3) is 0 Å². The maximum absolute atomic E-state index is 9.96. The second-order valence-electron chi connectivity index (χ2n) is 5.68. The lowest BCUT2D eigenvalue weighted by atomic mass is 10.2. The molecule has 0 aromatic carbocycles. The summed E-state index contributed by atoms with van der Waals surface area (Å²) in [6.07, 6.45) is 2.71. The Bertz CT molecular complexity index is 579. The van der Waals surface area contributed by atoms with E-state index in [4.69, 9.17) is 4.52 Å². The molecule has 20 heavy (non-hydrogen) atoms. The second kappa shape index (κ2) is 4.95. The zero-order valence-electron chi connectivity index (χ0n) is 11.1. The molecule has 1 saturated heterocycles. The first-order chi connectivity index (χ1) is 9.79. The summed E-state index contributed by atoms with van der Waals surface area (Å²) < 4.78 is 5.44. The summed E-state index contributed by atoms with van der Waals surface area (Å²) in [4.78, 5) is 8.08. The fraction of sp³-hybridized carbons (Fsp3) is 0.571. The number of hydrogen-bond donors (Lipinski definition) is 1. The van der Waals surface area contributed by atoms with Gasteiger partial charge in [-0.3, -0.25) is 4.90 Å². The van der Waals surface area contributed by atoms with Crippen LogP contribution >= 0.6 is 11.3 Å². The van der Waals surface area contributed by atoms with Gasteiger partial charge >= 0.3 is 0 Å². The monoisotopic (exact) mass is 291 g/mol. The van der Waals surface area contributed by atoms with E-state index in [9.17, 15) is 5.11 Å². The number of hydrogen-bond acceptors (Lipinski definition) is 6. The standard InChI is InChI=1S/C14H17N3O2S/c18-10-6-12(14-15-13(16-19-14)9-3-4-9)17(7-10)8-11-2-1-5-20-11/h1-2,5,9-10,12,18H,3-4,6-8H2/t10-,12+/m1/s1. The highest BCUT2D eigenvalue weighted by Crippen LogP contribution is 2.40. The molecule has 1 saturated carbocycles. The lowest BCUT2D eigenvalue weighted by molar-refractivity contribution is 0.170. The van der Waals surface area contributed by atoms with E-state index in [1.54, 1.807) is 11.3 Å². The lowest BCUT2D eigenvalue weighted by Gasteiger charge is -2.20. The Morgan fingerprint density at radius 1 is 1.45 bits per heavy atom. The predicted molar refractivity (Wildman–Crippen MR) is 74.4 cm³/mol. The number of aliphatic hydroxyl groups is 1. The van der Waals surface area contributed by atoms with Crippen LogP contribution in [0.3, 0.4) is 0 Å². The molecule has 0 spiro atoms. The van der Waals surface area contributed by atoms with Crippen molar-refractivity contribution in [3.05, 3.63) is 34.1 Å². The molecular formula is C14H17N3O2S. The van der Waals surface area contributed by atoms with Crippen LogP contribution in [-0.4, -0.2) is 32.8 Å². The maximum Gasteiger partial charge on any atom is 0.244 e. The van der Waals surface area contributed by atoms with Gasteiger partial charge in [-0.25, -0.2) is 0 Å². The molecule has 3 heterocycles. The van der Waals surface area contributed by atoms with Crippen molar-refractivity contribution in [3.63, 3.8) is 0 Å². The van der Waals surface area contributed by atoms with E-state index >= 15 is 0 Å². The van der Waals surface area contributed by atoms with E-state index in [0.29, 0.717) is 24.8 Å². The van der Waals surface area contributed by atoms with Crippen LogP contribution < -0.4 is 0 Å². The Balaban J connectivity index is 1.54. The third-order valence-electron chi connectivity index (χ3n) is 4.01. The van der Waals surface area contributed by atoms with Gasteiger partial charge in [0.2, 0.25) is 5.89 Å². The van der Waals surface area contributed by atoms with Crippen LogP contribution in [0.5, 0.6) is 0 Å². The molecule has 2 aromatic heterocycles. The van der Waals surface area contributed by atoms with Crippen molar-refractivity contribution in [2.75, 3.05) is 6.54 Å². The van der Waals surface area contributed by atoms with Gasteiger partial charge in [0.05, 0.1) is 12.1 Å². The number of nitrogens with zero attached hydrogens (tertiary/aromatic N) is 3. The Hall–Kier alpha value is -1.24. The number of β-amino-alcohol motifs (C(OH)–C–C–N with tert-alkyl or cyclic N) is 1. The topological polar surface area (TPSA) is 62.4 Å². The Morgan fingerprint density at radius 2 is 2.35 bits per heavy atom. The fourth-order valence-electron chi connectivity index (χ4n) is 2.80. The van der Waals surface area contributed by atoms with Gasteiger partial charge < -0.3 is 9.63 Å². The highest BCUT2D eigenvalue weighted by Gasteiger charge is 2.37. The van der Waals surface area contributed by atoms with Crippen LogP contribution in [0.15, 0.2) is 22.0 Å². The SMILES string of the molecule is O[C@@H]1C[C@@H](c2nc(C3CC3)no2)N(Cc2cccs2)C1. The average molecular weight is 291 g/mol. The third-order valence-corrected chi connectivity index (χ3v) is 4.87. The number of rotatable bonds is 4. The molecule has 106 valence electrons. The predicted octanol–water partition coefficient (Wildman–Crippen LogP) is 2.32. The van der Waals surface area contributed by atoms with Crippen LogP contribution in [0.25, 0.3) is 0 Å². The summed E-state index contributed by atoms with van der Waals surface area (Å²) >= 11 is 1.74. The van der Waals surface area contributed by atoms with Gasteiger partial charge in [-0.2, -0.15) is 4.98 Å². The molecule has 2 fully saturated rings. The zero-order valence-corrected chi connectivity index (χ0v) is 11.9. The minimum Gasteiger partial charge on any atom is -0.392 e. The largest absolute Gasteiger partial charge is 0.392 e. The molecule has 0 unspecified atom stereocenters. The van der Waals surface area contributed by atoms with Gasteiger partial charge in [0.1, 0.15) is 0 Å². The summed E-state index contributed by atoms with van der Waals surface area (Å²) in [5.74, 6) is 2.02. The Morgan fingerprint density at radius 3 is 3.10 bits per heavy atom. The lowest BCUT2D eigenvalue weighted by Crippen LogP contribution is -2.24.